The normalized spacial score (nSPS) is 18.1. The highest BCUT2D eigenvalue weighted by Crippen LogP contribution is 2.25. The van der Waals surface area contributed by atoms with E-state index in [1.807, 2.05) is 4.90 Å². The summed E-state index contributed by atoms with van der Waals surface area (Å²) in [4.78, 5) is 38.3. The third kappa shape index (κ3) is 4.92. The minimum atomic E-state index is -0.477. The first kappa shape index (κ1) is 22.2. The second-order valence-electron chi connectivity index (χ2n) is 8.57. The Morgan fingerprint density at radius 1 is 1.03 bits per heavy atom. The summed E-state index contributed by atoms with van der Waals surface area (Å²) in [6.45, 7) is 5.69. The monoisotopic (exact) mass is 447 g/mol. The van der Waals surface area contributed by atoms with Crippen molar-refractivity contribution >= 4 is 23.2 Å². The van der Waals surface area contributed by atoms with Crippen LogP contribution >= 0.6 is 0 Å². The van der Waals surface area contributed by atoms with E-state index in [2.05, 4.69) is 24.3 Å². The molecule has 2 atom stereocenters. The van der Waals surface area contributed by atoms with Crippen LogP contribution in [0.25, 0.3) is 5.69 Å². The molecule has 1 aliphatic rings. The van der Waals surface area contributed by atoms with Crippen LogP contribution < -0.4 is 5.32 Å². The molecule has 3 aromatic rings. The number of nitro groups is 1. The molecule has 1 aromatic heterocycles. The first-order chi connectivity index (χ1) is 15.8. The van der Waals surface area contributed by atoms with E-state index < -0.39 is 10.8 Å². The fourth-order valence-electron chi connectivity index (χ4n) is 4.28. The molecule has 0 radical (unpaired) electrons. The van der Waals surface area contributed by atoms with E-state index >= 15 is 0 Å². The van der Waals surface area contributed by atoms with Gasteiger partial charge in [-0.25, -0.2) is 4.68 Å². The van der Waals surface area contributed by atoms with Crippen LogP contribution in [0, 0.1) is 22.0 Å². The number of carbonyl (C=O) groups excluding carboxylic acids is 2. The quantitative estimate of drug-likeness (QED) is 0.467. The first-order valence-electron chi connectivity index (χ1n) is 10.8. The molecule has 2 amide bonds. The molecular weight excluding hydrogens is 422 g/mol. The molecule has 33 heavy (non-hydrogen) atoms. The van der Waals surface area contributed by atoms with Gasteiger partial charge in [-0.05, 0) is 48.6 Å². The number of aromatic nitrogens is 2. The van der Waals surface area contributed by atoms with Gasteiger partial charge in [0.15, 0.2) is 5.69 Å². The van der Waals surface area contributed by atoms with Gasteiger partial charge in [0.05, 0.1) is 21.9 Å². The number of rotatable bonds is 5. The predicted molar refractivity (Wildman–Crippen MR) is 123 cm³/mol. The van der Waals surface area contributed by atoms with E-state index in [-0.39, 0.29) is 17.3 Å². The maximum Gasteiger partial charge on any atom is 0.276 e. The smallest absolute Gasteiger partial charge is 0.276 e. The van der Waals surface area contributed by atoms with Crippen molar-refractivity contribution in [2.24, 2.45) is 11.8 Å². The number of amides is 2. The van der Waals surface area contributed by atoms with Crippen molar-refractivity contribution < 1.29 is 14.5 Å². The van der Waals surface area contributed by atoms with Crippen LogP contribution in [0.2, 0.25) is 0 Å². The Morgan fingerprint density at radius 2 is 1.70 bits per heavy atom. The summed E-state index contributed by atoms with van der Waals surface area (Å²) in [5.74, 6) is 0.322. The zero-order chi connectivity index (χ0) is 23.5. The lowest BCUT2D eigenvalue weighted by Gasteiger charge is -2.35. The summed E-state index contributed by atoms with van der Waals surface area (Å²) < 4.78 is 1.46. The zero-order valence-electron chi connectivity index (χ0n) is 18.5. The first-order valence-corrected chi connectivity index (χ1v) is 10.8. The van der Waals surface area contributed by atoms with Gasteiger partial charge >= 0.3 is 0 Å². The molecule has 2 aromatic carbocycles. The molecule has 2 heterocycles. The molecule has 0 aliphatic carbocycles. The average molecular weight is 447 g/mol. The summed E-state index contributed by atoms with van der Waals surface area (Å²) in [5.41, 5.74) is 1.60. The molecule has 9 nitrogen and oxygen atoms in total. The summed E-state index contributed by atoms with van der Waals surface area (Å²) in [6, 6.07) is 14.4. The zero-order valence-corrected chi connectivity index (χ0v) is 18.5. The summed E-state index contributed by atoms with van der Waals surface area (Å²) in [7, 11) is 0. The van der Waals surface area contributed by atoms with E-state index in [1.54, 1.807) is 48.7 Å². The Kier molecular flexibility index (Phi) is 6.21. The van der Waals surface area contributed by atoms with Gasteiger partial charge in [0.1, 0.15) is 0 Å². The highest BCUT2D eigenvalue weighted by Gasteiger charge is 2.27. The molecule has 170 valence electrons. The maximum absolute atomic E-state index is 13.2. The molecule has 2 unspecified atom stereocenters. The Morgan fingerprint density at radius 3 is 2.36 bits per heavy atom. The largest absolute Gasteiger partial charge is 0.338 e. The summed E-state index contributed by atoms with van der Waals surface area (Å²) in [5, 5.41) is 17.9. The highest BCUT2D eigenvalue weighted by molar-refractivity contribution is 6.08. The lowest BCUT2D eigenvalue weighted by molar-refractivity contribution is -0.384. The van der Waals surface area contributed by atoms with Crippen molar-refractivity contribution in [3.05, 3.63) is 82.2 Å². The van der Waals surface area contributed by atoms with Gasteiger partial charge in [-0.15, -0.1) is 0 Å². The number of piperidine rings is 1. The fraction of sp³-hybridized carbons (Fsp3) is 0.292. The van der Waals surface area contributed by atoms with Crippen molar-refractivity contribution in [3.63, 3.8) is 0 Å². The minimum absolute atomic E-state index is 0.0253. The Bertz CT molecular complexity index is 1180. The molecule has 1 saturated heterocycles. The molecule has 9 heteroatoms. The van der Waals surface area contributed by atoms with Crippen molar-refractivity contribution in [1.82, 2.24) is 14.7 Å². The van der Waals surface area contributed by atoms with Gasteiger partial charge in [0, 0.05) is 31.4 Å². The van der Waals surface area contributed by atoms with Crippen LogP contribution in [0.5, 0.6) is 0 Å². The minimum Gasteiger partial charge on any atom is -0.338 e. The van der Waals surface area contributed by atoms with E-state index in [9.17, 15) is 19.7 Å². The van der Waals surface area contributed by atoms with Gasteiger partial charge in [-0.1, -0.05) is 26.0 Å². The number of nitro benzene ring substituents is 1. The van der Waals surface area contributed by atoms with Crippen LogP contribution in [0.1, 0.15) is 41.1 Å². The maximum atomic E-state index is 13.2. The lowest BCUT2D eigenvalue weighted by Crippen LogP contribution is -2.42. The Labute approximate surface area is 191 Å². The topological polar surface area (TPSA) is 110 Å². The van der Waals surface area contributed by atoms with Gasteiger partial charge in [-0.2, -0.15) is 5.10 Å². The lowest BCUT2D eigenvalue weighted by atomic mass is 9.91. The molecule has 0 spiro atoms. The van der Waals surface area contributed by atoms with Gasteiger partial charge in [0.2, 0.25) is 0 Å². The van der Waals surface area contributed by atoms with Crippen molar-refractivity contribution in [1.29, 1.82) is 0 Å². The van der Waals surface area contributed by atoms with Crippen LogP contribution in [0.3, 0.4) is 0 Å². The third-order valence-corrected chi connectivity index (χ3v) is 5.71. The van der Waals surface area contributed by atoms with Crippen LogP contribution in [0.4, 0.5) is 11.4 Å². The molecule has 1 N–H and O–H groups in total. The molecule has 1 fully saturated rings. The van der Waals surface area contributed by atoms with Crippen molar-refractivity contribution in [2.75, 3.05) is 18.4 Å². The van der Waals surface area contributed by atoms with Gasteiger partial charge < -0.3 is 10.2 Å². The second-order valence-corrected chi connectivity index (χ2v) is 8.57. The van der Waals surface area contributed by atoms with Gasteiger partial charge in [0.25, 0.3) is 17.5 Å². The summed E-state index contributed by atoms with van der Waals surface area (Å²) >= 11 is 0. The number of benzene rings is 2. The number of hydrogen-bond acceptors (Lipinski definition) is 5. The number of carbonyl (C=O) groups is 2. The molecule has 0 bridgehead atoms. The van der Waals surface area contributed by atoms with E-state index in [0.717, 1.165) is 6.42 Å². The van der Waals surface area contributed by atoms with Gasteiger partial charge in [-0.3, -0.25) is 19.7 Å². The number of likely N-dealkylation sites (tertiary alicyclic amines) is 1. The average Bonchev–Trinajstić information content (AvgIpc) is 3.29. The molecule has 0 saturated carbocycles. The number of nitrogens with one attached hydrogen (secondary N) is 1. The Balaban J connectivity index is 1.51. The standard InChI is InChI=1S/C24H25N5O4/c1-16-13-17(2)15-27(14-16)24(31)20-5-3-4-6-21(20)25-23(30)22-11-12-28(26-22)18-7-9-19(10-8-18)29(32)33/h3-12,16-17H,13-15H2,1-2H3,(H,25,30). The number of anilines is 1. The summed E-state index contributed by atoms with van der Waals surface area (Å²) in [6.07, 6.45) is 2.70. The van der Waals surface area contributed by atoms with E-state index in [0.29, 0.717) is 41.9 Å². The number of hydrogen-bond donors (Lipinski definition) is 1. The fourth-order valence-corrected chi connectivity index (χ4v) is 4.28. The van der Waals surface area contributed by atoms with Crippen molar-refractivity contribution in [2.45, 2.75) is 20.3 Å². The number of para-hydroxylation sites is 1. The Hall–Kier alpha value is -4.01. The van der Waals surface area contributed by atoms with Crippen LogP contribution in [0.15, 0.2) is 60.8 Å². The predicted octanol–water partition coefficient (Wildman–Crippen LogP) is 4.15. The molecular formula is C24H25N5O4. The molecule has 1 aliphatic heterocycles. The number of non-ortho nitro benzene ring substituents is 1. The van der Waals surface area contributed by atoms with Crippen molar-refractivity contribution in [3.8, 4) is 5.69 Å². The number of nitrogens with zero attached hydrogens (tertiary/aromatic N) is 4. The second kappa shape index (κ2) is 9.23. The van der Waals surface area contributed by atoms with Crippen LogP contribution in [-0.2, 0) is 0 Å². The SMILES string of the molecule is CC1CC(C)CN(C(=O)c2ccccc2NC(=O)c2ccn(-c3ccc([N+](=O)[O-])cc3)n2)C1. The molecule has 4 rings (SSSR count). The highest BCUT2D eigenvalue weighted by atomic mass is 16.6. The third-order valence-electron chi connectivity index (χ3n) is 5.71. The van der Waals surface area contributed by atoms with Crippen LogP contribution in [-0.4, -0.2) is 44.5 Å². The van der Waals surface area contributed by atoms with E-state index in [4.69, 9.17) is 0 Å². The van der Waals surface area contributed by atoms with E-state index in [1.165, 1.54) is 16.8 Å².